The molecule has 0 saturated heterocycles. The van der Waals surface area contributed by atoms with Gasteiger partial charge in [-0.25, -0.2) is 0 Å². The first-order chi connectivity index (χ1) is 20.2. The van der Waals surface area contributed by atoms with E-state index in [4.69, 9.17) is 4.42 Å². The van der Waals surface area contributed by atoms with Crippen LogP contribution in [-0.2, 0) is 4.57 Å². The van der Waals surface area contributed by atoms with Crippen LogP contribution in [0.4, 0.5) is 0 Å². The molecule has 0 amide bonds. The predicted octanol–water partition coefficient (Wildman–Crippen LogP) is 8.83. The average Bonchev–Trinajstić information content (AvgIpc) is 3.64. The van der Waals surface area contributed by atoms with Crippen LogP contribution in [0.15, 0.2) is 126 Å². The standard InChI is InChI=1S/C37H26NO2P/c1-3-13-31-25(4-2)28-22-23-30-27-17-9-11-21-34(27)41(39,24-14-6-5-7-15-24)37(30)35(28)38(31)32-19-12-18-29-26-16-8-10-20-33(26)40-36(29)32/h3-23H,2H2,1H3/b13-3-. The Labute approximate surface area is 238 Å². The zero-order valence-electron chi connectivity index (χ0n) is 22.5. The van der Waals surface area contributed by atoms with Crippen LogP contribution in [0.1, 0.15) is 18.2 Å². The van der Waals surface area contributed by atoms with Crippen LogP contribution in [0.25, 0.3) is 61.8 Å². The number of para-hydroxylation sites is 2. The van der Waals surface area contributed by atoms with E-state index in [0.29, 0.717) is 0 Å². The first-order valence-electron chi connectivity index (χ1n) is 13.8. The number of hydrogen-bond donors (Lipinski definition) is 0. The Hall–Kier alpha value is -4.85. The molecule has 41 heavy (non-hydrogen) atoms. The molecule has 1 atom stereocenters. The number of allylic oxidation sites excluding steroid dienone is 1. The van der Waals surface area contributed by atoms with E-state index in [0.717, 1.165) is 76.8 Å². The second-order valence-electron chi connectivity index (χ2n) is 10.4. The summed E-state index contributed by atoms with van der Waals surface area (Å²) in [4.78, 5) is 0. The first-order valence-corrected chi connectivity index (χ1v) is 15.5. The Balaban J connectivity index is 1.61. The molecule has 5 aromatic carbocycles. The van der Waals surface area contributed by atoms with Gasteiger partial charge in [-0.2, -0.15) is 0 Å². The van der Waals surface area contributed by atoms with Crippen LogP contribution in [0.5, 0.6) is 0 Å². The predicted molar refractivity (Wildman–Crippen MR) is 174 cm³/mol. The van der Waals surface area contributed by atoms with Crippen molar-refractivity contribution in [1.29, 1.82) is 0 Å². The molecular formula is C37H26NO2P. The van der Waals surface area contributed by atoms with Gasteiger partial charge in [0.15, 0.2) is 12.7 Å². The molecule has 8 rings (SSSR count). The van der Waals surface area contributed by atoms with E-state index < -0.39 is 7.14 Å². The highest BCUT2D eigenvalue weighted by molar-refractivity contribution is 7.86. The van der Waals surface area contributed by atoms with Crippen LogP contribution in [0, 0.1) is 0 Å². The maximum atomic E-state index is 15.7. The largest absolute Gasteiger partial charge is 0.454 e. The minimum atomic E-state index is -3.23. The summed E-state index contributed by atoms with van der Waals surface area (Å²) in [5, 5.41) is 5.73. The van der Waals surface area contributed by atoms with Crippen molar-refractivity contribution in [1.82, 2.24) is 4.57 Å². The second kappa shape index (κ2) is 8.83. The van der Waals surface area contributed by atoms with Gasteiger partial charge in [-0.15, -0.1) is 0 Å². The minimum absolute atomic E-state index is 0.801. The third-order valence-corrected chi connectivity index (χ3v) is 11.5. The molecule has 0 saturated carbocycles. The monoisotopic (exact) mass is 547 g/mol. The van der Waals surface area contributed by atoms with Crippen molar-refractivity contribution >= 4 is 68.0 Å². The maximum Gasteiger partial charge on any atom is 0.174 e. The van der Waals surface area contributed by atoms with Gasteiger partial charge >= 0.3 is 0 Å². The average molecular weight is 548 g/mol. The highest BCUT2D eigenvalue weighted by Gasteiger charge is 2.43. The van der Waals surface area contributed by atoms with Gasteiger partial charge in [0.05, 0.1) is 22.2 Å². The van der Waals surface area contributed by atoms with E-state index in [1.807, 2.05) is 85.8 Å². The second-order valence-corrected chi connectivity index (χ2v) is 13.1. The summed E-state index contributed by atoms with van der Waals surface area (Å²) < 4.78 is 24.5. The third-order valence-electron chi connectivity index (χ3n) is 8.30. The lowest BCUT2D eigenvalue weighted by Crippen LogP contribution is -2.22. The fraction of sp³-hybridized carbons (Fsp3) is 0.0270. The Morgan fingerprint density at radius 2 is 1.51 bits per heavy atom. The van der Waals surface area contributed by atoms with Gasteiger partial charge in [0.25, 0.3) is 0 Å². The van der Waals surface area contributed by atoms with Crippen LogP contribution in [0.2, 0.25) is 0 Å². The molecule has 7 aromatic rings. The fourth-order valence-corrected chi connectivity index (χ4v) is 9.89. The van der Waals surface area contributed by atoms with Gasteiger partial charge in [0, 0.05) is 32.3 Å². The molecule has 0 radical (unpaired) electrons. The van der Waals surface area contributed by atoms with Gasteiger partial charge in [-0.3, -0.25) is 0 Å². The molecule has 0 fully saturated rings. The molecule has 196 valence electrons. The summed E-state index contributed by atoms with van der Waals surface area (Å²) in [6.07, 6.45) is 6.07. The normalized spacial score (nSPS) is 16.1. The summed E-state index contributed by atoms with van der Waals surface area (Å²) in [6, 6.07) is 36.8. The van der Waals surface area contributed by atoms with Gasteiger partial charge in [-0.1, -0.05) is 116 Å². The quantitative estimate of drug-likeness (QED) is 0.206. The van der Waals surface area contributed by atoms with Gasteiger partial charge in [-0.05, 0) is 36.3 Å². The van der Waals surface area contributed by atoms with Crippen molar-refractivity contribution in [2.24, 2.45) is 0 Å². The summed E-state index contributed by atoms with van der Waals surface area (Å²) >= 11 is 0. The molecule has 0 N–H and O–H groups in total. The Morgan fingerprint density at radius 3 is 2.34 bits per heavy atom. The lowest BCUT2D eigenvalue weighted by Gasteiger charge is -2.19. The maximum absolute atomic E-state index is 15.7. The Kier molecular flexibility index (Phi) is 5.16. The SMILES string of the molecule is C=Cc1c(/C=C\C)n(-c2cccc3c2oc2ccccc23)c2c3c(ccc12)-c1ccccc1P3(=O)c1ccccc1. The zero-order chi connectivity index (χ0) is 27.7. The molecule has 1 aliphatic rings. The lowest BCUT2D eigenvalue weighted by molar-refractivity contribution is 0.593. The van der Waals surface area contributed by atoms with Crippen molar-refractivity contribution in [3.05, 3.63) is 133 Å². The molecule has 1 unspecified atom stereocenters. The van der Waals surface area contributed by atoms with Crippen LogP contribution in [-0.4, -0.2) is 4.57 Å². The number of fused-ring (bicyclic) bond motifs is 8. The first kappa shape index (κ1) is 24.0. The van der Waals surface area contributed by atoms with Gasteiger partial charge < -0.3 is 13.5 Å². The summed E-state index contributed by atoms with van der Waals surface area (Å²) in [5.41, 5.74) is 7.51. The Morgan fingerprint density at radius 1 is 0.756 bits per heavy atom. The van der Waals surface area contributed by atoms with Crippen molar-refractivity contribution in [2.45, 2.75) is 6.92 Å². The Bertz CT molecular complexity index is 2270. The molecule has 0 spiro atoms. The summed E-state index contributed by atoms with van der Waals surface area (Å²) in [5.74, 6) is 0. The van der Waals surface area contributed by atoms with E-state index in [9.17, 15) is 0 Å². The summed E-state index contributed by atoms with van der Waals surface area (Å²) in [6.45, 7) is 6.24. The van der Waals surface area contributed by atoms with E-state index >= 15 is 4.57 Å². The molecule has 0 aliphatic carbocycles. The van der Waals surface area contributed by atoms with Gasteiger partial charge in [0.1, 0.15) is 5.58 Å². The van der Waals surface area contributed by atoms with Crippen LogP contribution >= 0.6 is 7.14 Å². The molecule has 1 aliphatic heterocycles. The number of hydrogen-bond acceptors (Lipinski definition) is 2. The zero-order valence-corrected chi connectivity index (χ0v) is 23.4. The van der Waals surface area contributed by atoms with E-state index in [1.54, 1.807) is 0 Å². The minimum Gasteiger partial charge on any atom is -0.454 e. The molecule has 3 heterocycles. The molecule has 2 aromatic heterocycles. The molecular weight excluding hydrogens is 521 g/mol. The van der Waals surface area contributed by atoms with Gasteiger partial charge in [0.2, 0.25) is 0 Å². The van der Waals surface area contributed by atoms with E-state index in [1.165, 1.54) is 0 Å². The molecule has 4 heteroatoms. The van der Waals surface area contributed by atoms with Crippen molar-refractivity contribution in [3.63, 3.8) is 0 Å². The van der Waals surface area contributed by atoms with Crippen molar-refractivity contribution in [2.75, 3.05) is 0 Å². The van der Waals surface area contributed by atoms with Crippen molar-refractivity contribution < 1.29 is 8.98 Å². The van der Waals surface area contributed by atoms with E-state index in [2.05, 4.69) is 59.7 Å². The van der Waals surface area contributed by atoms with Crippen LogP contribution in [0.3, 0.4) is 0 Å². The number of benzene rings is 5. The van der Waals surface area contributed by atoms with Crippen LogP contribution < -0.4 is 15.9 Å². The number of furan rings is 1. The number of aromatic nitrogens is 1. The molecule has 0 bridgehead atoms. The smallest absolute Gasteiger partial charge is 0.174 e. The number of rotatable bonds is 4. The fourth-order valence-electron chi connectivity index (χ4n) is 6.64. The topological polar surface area (TPSA) is 35.1 Å². The molecule has 3 nitrogen and oxygen atoms in total. The lowest BCUT2D eigenvalue weighted by atomic mass is 10.0. The van der Waals surface area contributed by atoms with E-state index in [-0.39, 0.29) is 0 Å². The highest BCUT2D eigenvalue weighted by Crippen LogP contribution is 2.55. The third kappa shape index (κ3) is 3.13. The summed E-state index contributed by atoms with van der Waals surface area (Å²) in [7, 11) is -3.23. The highest BCUT2D eigenvalue weighted by atomic mass is 31.2. The number of nitrogens with zero attached hydrogens (tertiary/aromatic N) is 1. The van der Waals surface area contributed by atoms with Crippen molar-refractivity contribution in [3.8, 4) is 16.8 Å².